The van der Waals surface area contributed by atoms with E-state index in [1.54, 1.807) is 0 Å². The van der Waals surface area contributed by atoms with E-state index < -0.39 is 5.97 Å². The zero-order valence-corrected chi connectivity index (χ0v) is 12.1. The lowest BCUT2D eigenvalue weighted by molar-refractivity contribution is -0.133. The monoisotopic (exact) mass is 287 g/mol. The smallest absolute Gasteiger partial charge is 0.313 e. The molecule has 1 fully saturated rings. The second kappa shape index (κ2) is 5.88. The van der Waals surface area contributed by atoms with Crippen molar-refractivity contribution in [1.29, 1.82) is 0 Å². The fourth-order valence-corrected chi connectivity index (χ4v) is 3.87. The van der Waals surface area contributed by atoms with Crippen LogP contribution in [0.25, 0.3) is 0 Å². The van der Waals surface area contributed by atoms with Gasteiger partial charge >= 0.3 is 5.97 Å². The lowest BCUT2D eigenvalue weighted by Gasteiger charge is -2.26. The Labute approximate surface area is 115 Å². The summed E-state index contributed by atoms with van der Waals surface area (Å²) < 4.78 is 0.738. The van der Waals surface area contributed by atoms with Crippen molar-refractivity contribution in [2.45, 2.75) is 37.1 Å². The molecule has 1 aromatic heterocycles. The highest BCUT2D eigenvalue weighted by Crippen LogP contribution is 2.34. The van der Waals surface area contributed by atoms with Gasteiger partial charge in [-0.3, -0.25) is 4.79 Å². The summed E-state index contributed by atoms with van der Waals surface area (Å²) in [7, 11) is 0. The van der Waals surface area contributed by atoms with Crippen LogP contribution in [0.4, 0.5) is 5.13 Å². The van der Waals surface area contributed by atoms with Gasteiger partial charge in [-0.05, 0) is 18.8 Å². The number of anilines is 1. The second-order valence-corrected chi connectivity index (χ2v) is 6.86. The Kier molecular flexibility index (Phi) is 4.45. The molecule has 0 aliphatic carbocycles. The minimum atomic E-state index is -0.821. The molecule has 0 radical (unpaired) electrons. The molecule has 2 heterocycles. The number of carboxylic acids is 1. The molecular weight excluding hydrogens is 270 g/mol. The molecule has 0 amide bonds. The van der Waals surface area contributed by atoms with Crippen LogP contribution in [0.1, 0.15) is 26.7 Å². The van der Waals surface area contributed by atoms with Crippen molar-refractivity contribution < 1.29 is 9.90 Å². The minimum Gasteiger partial charge on any atom is -0.481 e. The fourth-order valence-electron chi connectivity index (χ4n) is 2.22. The summed E-state index contributed by atoms with van der Waals surface area (Å²) in [6.07, 6.45) is 2.40. The highest BCUT2D eigenvalue weighted by atomic mass is 32.2. The van der Waals surface area contributed by atoms with E-state index in [0.29, 0.717) is 12.0 Å². The first-order valence-corrected chi connectivity index (χ1v) is 7.83. The van der Waals surface area contributed by atoms with Crippen molar-refractivity contribution in [2.24, 2.45) is 5.92 Å². The van der Waals surface area contributed by atoms with E-state index >= 15 is 0 Å². The maximum absolute atomic E-state index is 10.5. The van der Waals surface area contributed by atoms with Crippen molar-refractivity contribution in [3.8, 4) is 0 Å². The highest BCUT2D eigenvalue weighted by Gasteiger charge is 2.29. The topological polar surface area (TPSA) is 66.3 Å². The molecule has 0 bridgehead atoms. The molecule has 0 spiro atoms. The summed E-state index contributed by atoms with van der Waals surface area (Å²) in [6.45, 7) is 5.48. The van der Waals surface area contributed by atoms with Crippen molar-refractivity contribution in [1.82, 2.24) is 10.2 Å². The molecule has 5 nitrogen and oxygen atoms in total. The van der Waals surface area contributed by atoms with Gasteiger partial charge in [-0.25, -0.2) is 0 Å². The van der Waals surface area contributed by atoms with E-state index in [0.717, 1.165) is 16.0 Å². The molecule has 18 heavy (non-hydrogen) atoms. The normalized spacial score (nSPS) is 19.7. The largest absolute Gasteiger partial charge is 0.481 e. The summed E-state index contributed by atoms with van der Waals surface area (Å²) in [5, 5.41) is 17.8. The van der Waals surface area contributed by atoms with E-state index in [-0.39, 0.29) is 5.75 Å². The standard InChI is InChI=1S/C11H17N3O2S2/c1-7(2)8-4-3-5-14(8)10-12-13-11(18-10)17-6-9(15)16/h7-8H,3-6H2,1-2H3,(H,15,16). The van der Waals surface area contributed by atoms with Gasteiger partial charge in [0, 0.05) is 12.6 Å². The van der Waals surface area contributed by atoms with Crippen LogP contribution in [0.3, 0.4) is 0 Å². The van der Waals surface area contributed by atoms with Crippen LogP contribution in [0.2, 0.25) is 0 Å². The van der Waals surface area contributed by atoms with E-state index in [1.165, 1.54) is 35.9 Å². The maximum Gasteiger partial charge on any atom is 0.313 e. The molecular formula is C11H17N3O2S2. The van der Waals surface area contributed by atoms with Gasteiger partial charge in [0.2, 0.25) is 5.13 Å². The van der Waals surface area contributed by atoms with Gasteiger partial charge in [-0.1, -0.05) is 36.9 Å². The molecule has 1 aliphatic heterocycles. The van der Waals surface area contributed by atoms with Crippen molar-refractivity contribution in [2.75, 3.05) is 17.2 Å². The third-order valence-corrected chi connectivity index (χ3v) is 5.11. The molecule has 1 aliphatic rings. The zero-order chi connectivity index (χ0) is 13.1. The number of carboxylic acid groups (broad SMARTS) is 1. The van der Waals surface area contributed by atoms with E-state index in [2.05, 4.69) is 28.9 Å². The van der Waals surface area contributed by atoms with Gasteiger partial charge in [-0.2, -0.15) is 0 Å². The number of hydrogen-bond acceptors (Lipinski definition) is 6. The average Bonchev–Trinajstić information content (AvgIpc) is 2.94. The lowest BCUT2D eigenvalue weighted by Crippen LogP contribution is -2.33. The Balaban J connectivity index is 2.02. The summed E-state index contributed by atoms with van der Waals surface area (Å²) in [5.41, 5.74) is 0. The van der Waals surface area contributed by atoms with Crippen LogP contribution >= 0.6 is 23.1 Å². The summed E-state index contributed by atoms with van der Waals surface area (Å²) in [5.74, 6) is -0.174. The molecule has 0 aromatic carbocycles. The lowest BCUT2D eigenvalue weighted by atomic mass is 10.0. The summed E-state index contributed by atoms with van der Waals surface area (Å²) in [6, 6.07) is 0.537. The van der Waals surface area contributed by atoms with E-state index in [9.17, 15) is 4.79 Å². The highest BCUT2D eigenvalue weighted by molar-refractivity contribution is 8.01. The Hall–Kier alpha value is -0.820. The summed E-state index contributed by atoms with van der Waals surface area (Å²) in [4.78, 5) is 12.8. The third kappa shape index (κ3) is 3.14. The van der Waals surface area contributed by atoms with Crippen LogP contribution < -0.4 is 4.90 Å². The number of carbonyl (C=O) groups is 1. The Morgan fingerprint density at radius 3 is 3.06 bits per heavy atom. The van der Waals surface area contributed by atoms with Gasteiger partial charge in [0.1, 0.15) is 0 Å². The molecule has 7 heteroatoms. The number of thioether (sulfide) groups is 1. The molecule has 1 unspecified atom stereocenters. The number of aliphatic carboxylic acids is 1. The SMILES string of the molecule is CC(C)C1CCCN1c1nnc(SCC(=O)O)s1. The molecule has 2 rings (SSSR count). The van der Waals surface area contributed by atoms with Gasteiger partial charge in [0.15, 0.2) is 4.34 Å². The van der Waals surface area contributed by atoms with Crippen LogP contribution in [0, 0.1) is 5.92 Å². The molecule has 1 saturated heterocycles. The van der Waals surface area contributed by atoms with E-state index in [4.69, 9.17) is 5.11 Å². The van der Waals surface area contributed by atoms with Crippen molar-refractivity contribution >= 4 is 34.2 Å². The number of aromatic nitrogens is 2. The number of rotatable bonds is 5. The average molecular weight is 287 g/mol. The summed E-state index contributed by atoms with van der Waals surface area (Å²) >= 11 is 2.73. The number of nitrogens with zero attached hydrogens (tertiary/aromatic N) is 3. The molecule has 1 N–H and O–H groups in total. The Morgan fingerprint density at radius 2 is 2.39 bits per heavy atom. The molecule has 100 valence electrons. The van der Waals surface area contributed by atoms with Gasteiger partial charge in [-0.15, -0.1) is 10.2 Å². The maximum atomic E-state index is 10.5. The molecule has 0 saturated carbocycles. The zero-order valence-electron chi connectivity index (χ0n) is 10.5. The second-order valence-electron chi connectivity index (χ2n) is 4.68. The van der Waals surface area contributed by atoms with Gasteiger partial charge in [0.05, 0.1) is 5.75 Å². The Morgan fingerprint density at radius 1 is 1.61 bits per heavy atom. The fraction of sp³-hybridized carbons (Fsp3) is 0.727. The van der Waals surface area contributed by atoms with Crippen molar-refractivity contribution in [3.63, 3.8) is 0 Å². The molecule has 1 aromatic rings. The Bertz CT molecular complexity index is 422. The van der Waals surface area contributed by atoms with Gasteiger partial charge < -0.3 is 10.0 Å². The van der Waals surface area contributed by atoms with Crippen LogP contribution in [0.15, 0.2) is 4.34 Å². The third-order valence-electron chi connectivity index (χ3n) is 3.03. The van der Waals surface area contributed by atoms with Crippen LogP contribution in [-0.4, -0.2) is 39.6 Å². The van der Waals surface area contributed by atoms with Crippen LogP contribution in [-0.2, 0) is 4.79 Å². The quantitative estimate of drug-likeness (QED) is 0.839. The van der Waals surface area contributed by atoms with Gasteiger partial charge in [0.25, 0.3) is 0 Å². The first-order valence-electron chi connectivity index (χ1n) is 6.02. The number of hydrogen-bond donors (Lipinski definition) is 1. The van der Waals surface area contributed by atoms with Crippen molar-refractivity contribution in [3.05, 3.63) is 0 Å². The minimum absolute atomic E-state index is 0.0439. The first kappa shape index (κ1) is 13.6. The predicted octanol–water partition coefficient (Wildman–Crippen LogP) is 2.34. The van der Waals surface area contributed by atoms with Crippen LogP contribution in [0.5, 0.6) is 0 Å². The predicted molar refractivity (Wildman–Crippen MR) is 73.5 cm³/mol. The van der Waals surface area contributed by atoms with E-state index in [1.807, 2.05) is 0 Å². The molecule has 1 atom stereocenters. The first-order chi connectivity index (χ1) is 8.58.